The van der Waals surface area contributed by atoms with Gasteiger partial charge in [-0.2, -0.15) is 0 Å². The Hall–Kier alpha value is -2.30. The number of fused-ring (bicyclic) bond motifs is 1. The molecule has 1 aliphatic carbocycles. The van der Waals surface area contributed by atoms with Crippen LogP contribution in [0.15, 0.2) is 53.9 Å². The molecule has 0 amide bonds. The fraction of sp³-hybridized carbons (Fsp3) is 0.111. The van der Waals surface area contributed by atoms with Gasteiger partial charge in [-0.05, 0) is 12.1 Å². The second-order valence-corrected chi connectivity index (χ2v) is 6.35. The summed E-state index contributed by atoms with van der Waals surface area (Å²) in [7, 11) is 0. The average Bonchev–Trinajstić information content (AvgIpc) is 3.12. The summed E-state index contributed by atoms with van der Waals surface area (Å²) in [5, 5.41) is 3.95. The molecule has 2 aromatic carbocycles. The predicted octanol–water partition coefficient (Wildman–Crippen LogP) is 3.95. The van der Waals surface area contributed by atoms with Crippen LogP contribution in [0.5, 0.6) is 0 Å². The molecule has 1 fully saturated rings. The van der Waals surface area contributed by atoms with Crippen LogP contribution in [0.25, 0.3) is 0 Å². The van der Waals surface area contributed by atoms with Crippen molar-refractivity contribution in [3.05, 3.63) is 80.7 Å². The van der Waals surface area contributed by atoms with Gasteiger partial charge in [-0.1, -0.05) is 53.5 Å². The molecule has 0 bridgehead atoms. The number of allylic oxidation sites excluding steroid dienone is 1. The highest BCUT2D eigenvalue weighted by atomic mass is 35.5. The van der Waals surface area contributed by atoms with Gasteiger partial charge >= 0.3 is 0 Å². The van der Waals surface area contributed by atoms with E-state index in [9.17, 15) is 9.59 Å². The SMILES string of the molecule is O=C1C(=C2NCC(c3c(Cl)cccc3Cl)O2)C(=O)c2ccccc21. The van der Waals surface area contributed by atoms with Gasteiger partial charge in [-0.25, -0.2) is 0 Å². The molecule has 2 aromatic rings. The minimum atomic E-state index is -0.460. The van der Waals surface area contributed by atoms with Crippen LogP contribution in [0.2, 0.25) is 10.0 Å². The van der Waals surface area contributed by atoms with E-state index in [1.54, 1.807) is 42.5 Å². The van der Waals surface area contributed by atoms with Gasteiger partial charge in [0, 0.05) is 26.7 Å². The molecular weight excluding hydrogens is 349 g/mol. The fourth-order valence-electron chi connectivity index (χ4n) is 3.00. The Morgan fingerprint density at radius 3 is 2.08 bits per heavy atom. The van der Waals surface area contributed by atoms with Crippen LogP contribution in [-0.4, -0.2) is 18.1 Å². The number of carbonyl (C=O) groups excluding carboxylic acids is 2. The van der Waals surface area contributed by atoms with Crippen molar-refractivity contribution in [2.24, 2.45) is 0 Å². The fourth-order valence-corrected chi connectivity index (χ4v) is 3.64. The van der Waals surface area contributed by atoms with E-state index in [0.717, 1.165) is 0 Å². The van der Waals surface area contributed by atoms with Crippen LogP contribution < -0.4 is 5.32 Å². The maximum atomic E-state index is 12.5. The van der Waals surface area contributed by atoms with Crippen molar-refractivity contribution < 1.29 is 14.3 Å². The van der Waals surface area contributed by atoms with Crippen molar-refractivity contribution in [1.29, 1.82) is 0 Å². The smallest absolute Gasteiger partial charge is 0.203 e. The number of hydrogen-bond donors (Lipinski definition) is 1. The molecule has 6 heteroatoms. The Morgan fingerprint density at radius 1 is 0.917 bits per heavy atom. The lowest BCUT2D eigenvalue weighted by atomic mass is 10.1. The zero-order valence-electron chi connectivity index (χ0n) is 12.3. The molecule has 1 heterocycles. The number of rotatable bonds is 1. The molecule has 1 saturated heterocycles. The van der Waals surface area contributed by atoms with Crippen molar-refractivity contribution in [1.82, 2.24) is 5.32 Å². The summed E-state index contributed by atoms with van der Waals surface area (Å²) in [5.41, 5.74) is 1.46. The topological polar surface area (TPSA) is 55.4 Å². The van der Waals surface area contributed by atoms with Crippen LogP contribution in [0.1, 0.15) is 32.4 Å². The monoisotopic (exact) mass is 359 g/mol. The Balaban J connectivity index is 1.72. The maximum Gasteiger partial charge on any atom is 0.203 e. The number of nitrogens with one attached hydrogen (secondary N) is 1. The summed E-state index contributed by atoms with van der Waals surface area (Å²) in [5.74, 6) is -0.477. The largest absolute Gasteiger partial charge is 0.468 e. The van der Waals surface area contributed by atoms with Crippen LogP contribution in [-0.2, 0) is 4.74 Å². The molecule has 0 radical (unpaired) electrons. The van der Waals surface area contributed by atoms with E-state index in [-0.39, 0.29) is 23.0 Å². The van der Waals surface area contributed by atoms with E-state index in [2.05, 4.69) is 5.32 Å². The van der Waals surface area contributed by atoms with E-state index in [1.807, 2.05) is 0 Å². The highest BCUT2D eigenvalue weighted by Gasteiger charge is 2.39. The first-order chi connectivity index (χ1) is 11.6. The van der Waals surface area contributed by atoms with Gasteiger partial charge in [0.2, 0.25) is 17.4 Å². The summed E-state index contributed by atoms with van der Waals surface area (Å²) < 4.78 is 5.82. The molecule has 120 valence electrons. The first-order valence-corrected chi connectivity index (χ1v) is 8.10. The van der Waals surface area contributed by atoms with Gasteiger partial charge in [-0.15, -0.1) is 0 Å². The summed E-state index contributed by atoms with van der Waals surface area (Å²) in [4.78, 5) is 25.0. The highest BCUT2D eigenvalue weighted by molar-refractivity contribution is 6.39. The summed E-state index contributed by atoms with van der Waals surface area (Å²) in [6.45, 7) is 0.374. The van der Waals surface area contributed by atoms with Crippen LogP contribution in [0.3, 0.4) is 0 Å². The molecular formula is C18H11Cl2NO3. The Labute approximate surface area is 148 Å². The molecule has 0 spiro atoms. The van der Waals surface area contributed by atoms with E-state index >= 15 is 0 Å². The number of hydrogen-bond acceptors (Lipinski definition) is 4. The third kappa shape index (κ3) is 2.22. The van der Waals surface area contributed by atoms with Crippen LogP contribution >= 0.6 is 23.2 Å². The lowest BCUT2D eigenvalue weighted by molar-refractivity contribution is 0.0965. The highest BCUT2D eigenvalue weighted by Crippen LogP contribution is 2.37. The van der Waals surface area contributed by atoms with Crippen molar-refractivity contribution >= 4 is 34.8 Å². The van der Waals surface area contributed by atoms with Gasteiger partial charge < -0.3 is 10.1 Å². The molecule has 4 rings (SSSR count). The lowest BCUT2D eigenvalue weighted by Crippen LogP contribution is -2.14. The molecule has 0 saturated carbocycles. The summed E-state index contributed by atoms with van der Waals surface area (Å²) in [6.07, 6.45) is -0.460. The third-order valence-electron chi connectivity index (χ3n) is 4.13. The summed E-state index contributed by atoms with van der Waals surface area (Å²) >= 11 is 12.4. The number of Topliss-reactive ketones (excluding diaryl/α,β-unsaturated/α-hetero) is 2. The minimum absolute atomic E-state index is 0.0295. The van der Waals surface area contributed by atoms with Crippen molar-refractivity contribution in [2.45, 2.75) is 6.10 Å². The number of ketones is 2. The van der Waals surface area contributed by atoms with E-state index < -0.39 is 6.10 Å². The zero-order chi connectivity index (χ0) is 16.8. The Kier molecular flexibility index (Phi) is 3.59. The Morgan fingerprint density at radius 2 is 1.50 bits per heavy atom. The second kappa shape index (κ2) is 5.65. The van der Waals surface area contributed by atoms with Crippen molar-refractivity contribution in [3.63, 3.8) is 0 Å². The number of ether oxygens (including phenoxy) is 1. The molecule has 1 N–H and O–H groups in total. The molecule has 24 heavy (non-hydrogen) atoms. The van der Waals surface area contributed by atoms with E-state index in [0.29, 0.717) is 33.3 Å². The van der Waals surface area contributed by atoms with Gasteiger partial charge in [0.25, 0.3) is 0 Å². The normalized spacial score (nSPS) is 19.3. The standard InChI is InChI=1S/C18H11Cl2NO3/c19-11-6-3-7-12(20)14(11)13-8-21-18(24-13)15-16(22)9-4-1-2-5-10(9)17(15)23/h1-7,13,21H,8H2. The third-order valence-corrected chi connectivity index (χ3v) is 4.79. The zero-order valence-corrected chi connectivity index (χ0v) is 13.8. The Bertz CT molecular complexity index is 863. The van der Waals surface area contributed by atoms with Crippen molar-refractivity contribution in [3.8, 4) is 0 Å². The van der Waals surface area contributed by atoms with Crippen LogP contribution in [0.4, 0.5) is 0 Å². The predicted molar refractivity (Wildman–Crippen MR) is 90.4 cm³/mol. The van der Waals surface area contributed by atoms with Crippen LogP contribution in [0, 0.1) is 0 Å². The average molecular weight is 360 g/mol. The van der Waals surface area contributed by atoms with Gasteiger partial charge in [0.1, 0.15) is 11.7 Å². The molecule has 4 nitrogen and oxygen atoms in total. The van der Waals surface area contributed by atoms with Crippen molar-refractivity contribution in [2.75, 3.05) is 6.54 Å². The molecule has 0 aromatic heterocycles. The second-order valence-electron chi connectivity index (χ2n) is 5.53. The number of carbonyl (C=O) groups is 2. The van der Waals surface area contributed by atoms with Gasteiger partial charge in [-0.3, -0.25) is 9.59 Å². The molecule has 1 unspecified atom stereocenters. The lowest BCUT2D eigenvalue weighted by Gasteiger charge is -2.13. The minimum Gasteiger partial charge on any atom is -0.468 e. The molecule has 2 aliphatic rings. The molecule has 1 atom stereocenters. The quantitative estimate of drug-likeness (QED) is 0.618. The van der Waals surface area contributed by atoms with E-state index in [4.69, 9.17) is 27.9 Å². The van der Waals surface area contributed by atoms with Gasteiger partial charge in [0.15, 0.2) is 0 Å². The number of halogens is 2. The number of benzene rings is 2. The maximum absolute atomic E-state index is 12.5. The first kappa shape index (κ1) is 15.2. The summed E-state index contributed by atoms with van der Waals surface area (Å²) in [6, 6.07) is 11.9. The first-order valence-electron chi connectivity index (χ1n) is 7.35. The van der Waals surface area contributed by atoms with Gasteiger partial charge in [0.05, 0.1) is 6.54 Å². The molecule has 1 aliphatic heterocycles. The van der Waals surface area contributed by atoms with E-state index in [1.165, 1.54) is 0 Å².